The number of hydrogen-bond acceptors (Lipinski definition) is 12. The van der Waals surface area contributed by atoms with E-state index in [9.17, 15) is 18.7 Å². The quantitative estimate of drug-likeness (QED) is 0.0494. The smallest absolute Gasteiger partial charge is 0.497 e. The largest absolute Gasteiger partial charge is 0.524 e. The van der Waals surface area contributed by atoms with E-state index < -0.39 is 15.6 Å². The fourth-order valence-corrected chi connectivity index (χ4v) is 10.3. The van der Waals surface area contributed by atoms with Gasteiger partial charge >= 0.3 is 15.6 Å². The first-order chi connectivity index (χ1) is 34.6. The number of methoxy groups -OCH3 is 2. The SMILES string of the molecule is COc1cccc(NC(=O)c2nc(-c3cccc4ccccc34)sc2Cc2ccc(OP(=O)(O)O)cc2)c1.COc1cccc(NC(=O)c2nc(-c3ccccc3)sc2Cc2ccc(OP(=O)(O)O)cc2)c1. The molecule has 0 saturated carbocycles. The summed E-state index contributed by atoms with van der Waals surface area (Å²) in [6, 6.07) is 50.5. The molecule has 6 N–H and O–H groups in total. The van der Waals surface area contributed by atoms with Crippen LogP contribution in [0.15, 0.2) is 170 Å². The molecule has 0 unspecified atom stereocenters. The van der Waals surface area contributed by atoms with E-state index in [-0.39, 0.29) is 23.3 Å². The molecule has 16 nitrogen and oxygen atoms in total. The average molecular weight is 1040 g/mol. The Hall–Kier alpha value is -7.50. The molecule has 0 fully saturated rings. The lowest BCUT2D eigenvalue weighted by molar-refractivity contribution is 0.101. The van der Waals surface area contributed by atoms with E-state index in [0.29, 0.717) is 57.1 Å². The molecule has 2 heterocycles. The molecular weight excluding hydrogens is 999 g/mol. The number of benzene rings is 7. The topological polar surface area (TPSA) is 236 Å². The van der Waals surface area contributed by atoms with E-state index in [2.05, 4.69) is 24.7 Å². The molecule has 0 atom stereocenters. The molecule has 7 aromatic carbocycles. The summed E-state index contributed by atoms with van der Waals surface area (Å²) in [6.07, 6.45) is 0.793. The first kappa shape index (κ1) is 50.9. The maximum Gasteiger partial charge on any atom is 0.524 e. The number of phosphoric ester groups is 2. The van der Waals surface area contributed by atoms with Gasteiger partial charge in [0.05, 0.1) is 14.2 Å². The third-order valence-corrected chi connectivity index (χ3v) is 13.6. The van der Waals surface area contributed by atoms with Crippen molar-refractivity contribution in [3.05, 3.63) is 202 Å². The lowest BCUT2D eigenvalue weighted by atomic mass is 10.1. The minimum atomic E-state index is -4.65. The van der Waals surface area contributed by atoms with Crippen LogP contribution in [0.25, 0.3) is 31.9 Å². The zero-order chi connectivity index (χ0) is 50.8. The van der Waals surface area contributed by atoms with Gasteiger partial charge in [-0.3, -0.25) is 29.2 Å². The molecule has 0 saturated heterocycles. The number of fused-ring (bicyclic) bond motifs is 1. The summed E-state index contributed by atoms with van der Waals surface area (Å²) in [4.78, 5) is 73.5. The number of nitrogens with one attached hydrogen (secondary N) is 2. The predicted molar refractivity (Wildman–Crippen MR) is 278 cm³/mol. The minimum Gasteiger partial charge on any atom is -0.497 e. The first-order valence-electron chi connectivity index (χ1n) is 21.7. The van der Waals surface area contributed by atoms with Crippen molar-refractivity contribution >= 4 is 72.3 Å². The van der Waals surface area contributed by atoms with Crippen molar-refractivity contribution in [2.45, 2.75) is 12.8 Å². The summed E-state index contributed by atoms with van der Waals surface area (Å²) in [5.41, 5.74) is 5.27. The number of ether oxygens (including phenoxy) is 2. The third-order valence-electron chi connectivity index (χ3n) is 10.5. The van der Waals surface area contributed by atoms with Gasteiger partial charge in [-0.1, -0.05) is 109 Å². The summed E-state index contributed by atoms with van der Waals surface area (Å²) >= 11 is 2.85. The zero-order valence-corrected chi connectivity index (χ0v) is 41.7. The number of rotatable bonds is 16. The van der Waals surface area contributed by atoms with Gasteiger partial charge in [0.15, 0.2) is 0 Å². The second kappa shape index (κ2) is 22.7. The fraction of sp³-hybridized carbons (Fsp3) is 0.0769. The van der Waals surface area contributed by atoms with E-state index in [1.165, 1.54) is 46.9 Å². The molecule has 9 aromatic rings. The van der Waals surface area contributed by atoms with Crippen LogP contribution in [-0.2, 0) is 22.0 Å². The van der Waals surface area contributed by atoms with Crippen molar-refractivity contribution in [2.24, 2.45) is 0 Å². The van der Waals surface area contributed by atoms with E-state index in [1.807, 2.05) is 72.8 Å². The van der Waals surface area contributed by atoms with Crippen LogP contribution in [0.1, 0.15) is 41.9 Å². The number of phosphoric acid groups is 2. The highest BCUT2D eigenvalue weighted by Crippen LogP contribution is 2.40. The number of carbonyl (C=O) groups is 2. The highest BCUT2D eigenvalue weighted by Gasteiger charge is 2.23. The Balaban J connectivity index is 0.000000194. The second-order valence-electron chi connectivity index (χ2n) is 15.7. The van der Waals surface area contributed by atoms with Crippen molar-refractivity contribution in [1.82, 2.24) is 9.97 Å². The lowest BCUT2D eigenvalue weighted by Crippen LogP contribution is -2.14. The highest BCUT2D eigenvalue weighted by atomic mass is 32.1. The standard InChI is InChI=1S/C28H23N2O6PS.C24H21N2O6PS/c1-35-22-9-5-8-20(17-22)29-27(31)26-25(16-18-12-14-21(15-13-18)36-37(32,33)34)38-28(30-26)24-11-4-7-19-6-2-3-10-23(19)24;1-31-20-9-5-8-18(15-20)25-23(27)22-21(34-24(26-22)17-6-3-2-4-7-17)14-16-10-12-19(13-11-16)32-33(28,29)30/h2-15,17H,16H2,1H3,(H,29,31)(H2,32,33,34);2-13,15H,14H2,1H3,(H,25,27)(H2,28,29,30). The molecule has 0 bridgehead atoms. The van der Waals surface area contributed by atoms with Gasteiger partial charge in [0, 0.05) is 57.2 Å². The van der Waals surface area contributed by atoms with Crippen LogP contribution < -0.4 is 29.2 Å². The monoisotopic (exact) mass is 1040 g/mol. The Bertz CT molecular complexity index is 3450. The van der Waals surface area contributed by atoms with Crippen LogP contribution in [0, 0.1) is 0 Å². The van der Waals surface area contributed by atoms with Crippen molar-refractivity contribution < 1.29 is 56.8 Å². The molecule has 2 amide bonds. The summed E-state index contributed by atoms with van der Waals surface area (Å²) in [5, 5.41) is 9.33. The summed E-state index contributed by atoms with van der Waals surface area (Å²) in [5.74, 6) is 0.663. The number of anilines is 2. The summed E-state index contributed by atoms with van der Waals surface area (Å²) < 4.78 is 41.9. The number of nitrogens with zero attached hydrogens (tertiary/aromatic N) is 2. The molecule has 2 aromatic heterocycles. The van der Waals surface area contributed by atoms with Gasteiger partial charge in [-0.2, -0.15) is 0 Å². The minimum absolute atomic E-state index is 0.0545. The zero-order valence-electron chi connectivity index (χ0n) is 38.2. The van der Waals surface area contributed by atoms with E-state index >= 15 is 0 Å². The Morgan fingerprint density at radius 1 is 0.514 bits per heavy atom. The molecular formula is C52H44N4O12P2S2. The molecule has 0 aliphatic carbocycles. The van der Waals surface area contributed by atoms with Crippen molar-refractivity contribution in [1.29, 1.82) is 0 Å². The van der Waals surface area contributed by atoms with Gasteiger partial charge in [-0.25, -0.2) is 19.1 Å². The van der Waals surface area contributed by atoms with Crippen LogP contribution in [-0.4, -0.2) is 55.6 Å². The first-order valence-corrected chi connectivity index (χ1v) is 26.4. The van der Waals surface area contributed by atoms with Crippen molar-refractivity contribution in [2.75, 3.05) is 24.9 Å². The number of carbonyl (C=O) groups excluding carboxylic acids is 2. The molecule has 20 heteroatoms. The number of aromatic nitrogens is 2. The van der Waals surface area contributed by atoms with E-state index in [4.69, 9.17) is 34.0 Å². The van der Waals surface area contributed by atoms with Crippen LogP contribution in [0.2, 0.25) is 0 Å². The summed E-state index contributed by atoms with van der Waals surface area (Å²) in [7, 11) is -6.16. The van der Waals surface area contributed by atoms with Gasteiger partial charge in [-0.05, 0) is 70.4 Å². The predicted octanol–water partition coefficient (Wildman–Crippen LogP) is 11.4. The molecule has 0 aliphatic rings. The Morgan fingerprint density at radius 3 is 1.46 bits per heavy atom. The molecule has 0 radical (unpaired) electrons. The average Bonchev–Trinajstić information content (AvgIpc) is 3.99. The van der Waals surface area contributed by atoms with Gasteiger partial charge in [0.2, 0.25) is 0 Å². The number of hydrogen-bond donors (Lipinski definition) is 6. The molecule has 0 aliphatic heterocycles. The Morgan fingerprint density at radius 2 is 0.958 bits per heavy atom. The molecule has 0 spiro atoms. The van der Waals surface area contributed by atoms with Crippen LogP contribution in [0.4, 0.5) is 11.4 Å². The fourth-order valence-electron chi connectivity index (χ4n) is 7.29. The Kier molecular flexibility index (Phi) is 16.0. The third kappa shape index (κ3) is 13.7. The van der Waals surface area contributed by atoms with Crippen molar-refractivity contribution in [3.8, 4) is 44.1 Å². The van der Waals surface area contributed by atoms with Gasteiger partial charge in [0.25, 0.3) is 11.8 Å². The highest BCUT2D eigenvalue weighted by molar-refractivity contribution is 7.47. The molecule has 9 rings (SSSR count). The van der Waals surface area contributed by atoms with Gasteiger partial charge in [0.1, 0.15) is 44.4 Å². The van der Waals surface area contributed by atoms with Crippen LogP contribution >= 0.6 is 38.3 Å². The van der Waals surface area contributed by atoms with E-state index in [1.54, 1.807) is 87.0 Å². The number of amides is 2. The van der Waals surface area contributed by atoms with Gasteiger partial charge < -0.3 is 29.2 Å². The summed E-state index contributed by atoms with van der Waals surface area (Å²) in [6.45, 7) is 0. The lowest BCUT2D eigenvalue weighted by Gasteiger charge is -2.08. The van der Waals surface area contributed by atoms with Crippen LogP contribution in [0.5, 0.6) is 23.0 Å². The molecule has 366 valence electrons. The number of thiazole rings is 2. The Labute approximate surface area is 421 Å². The second-order valence-corrected chi connectivity index (χ2v) is 20.1. The normalized spacial score (nSPS) is 11.2. The maximum atomic E-state index is 13.4. The maximum absolute atomic E-state index is 13.4. The van der Waals surface area contributed by atoms with Gasteiger partial charge in [-0.15, -0.1) is 22.7 Å². The van der Waals surface area contributed by atoms with Crippen LogP contribution in [0.3, 0.4) is 0 Å². The molecule has 72 heavy (non-hydrogen) atoms. The van der Waals surface area contributed by atoms with Crippen molar-refractivity contribution in [3.63, 3.8) is 0 Å². The van der Waals surface area contributed by atoms with E-state index in [0.717, 1.165) is 42.8 Å².